The summed E-state index contributed by atoms with van der Waals surface area (Å²) in [5, 5.41) is 11.1. The summed E-state index contributed by atoms with van der Waals surface area (Å²) in [4.78, 5) is 31.6. The van der Waals surface area contributed by atoms with Crippen LogP contribution in [0.4, 0.5) is 0 Å². The smallest absolute Gasteiger partial charge is 0.295 e. The number of ketones is 1. The lowest BCUT2D eigenvalue weighted by atomic mass is 9.95. The maximum absolute atomic E-state index is 13.0. The molecule has 0 radical (unpaired) electrons. The molecule has 0 spiro atoms. The average molecular weight is 431 g/mol. The van der Waals surface area contributed by atoms with E-state index in [4.69, 9.17) is 4.74 Å². The predicted molar refractivity (Wildman–Crippen MR) is 120 cm³/mol. The molecule has 1 aromatic heterocycles. The van der Waals surface area contributed by atoms with Crippen molar-refractivity contribution >= 4 is 17.4 Å². The highest BCUT2D eigenvalue weighted by atomic mass is 16.5. The minimum atomic E-state index is -0.676. The van der Waals surface area contributed by atoms with Gasteiger partial charge in [-0.3, -0.25) is 9.59 Å². The Kier molecular flexibility index (Phi) is 6.07. The summed E-state index contributed by atoms with van der Waals surface area (Å²) in [5.74, 6) is -0.776. The number of amides is 1. The van der Waals surface area contributed by atoms with Crippen LogP contribution in [0.15, 0.2) is 72.8 Å². The molecule has 1 atom stereocenters. The number of aliphatic hydroxyl groups excluding tert-OH is 1. The number of imidazole rings is 1. The number of likely N-dealkylation sites (tertiary alicyclic amines) is 1. The number of Topliss-reactive ketones (excluding diaryl/α,β-unsaturated/α-hetero) is 1. The summed E-state index contributed by atoms with van der Waals surface area (Å²) in [6.07, 6.45) is 5.91. The number of aliphatic hydroxyl groups is 1. The van der Waals surface area contributed by atoms with Crippen LogP contribution in [-0.2, 0) is 16.1 Å². The second-order valence-corrected chi connectivity index (χ2v) is 7.79. The fraction of sp³-hybridized carbons (Fsp3) is 0.240. The van der Waals surface area contributed by atoms with Gasteiger partial charge < -0.3 is 19.3 Å². The van der Waals surface area contributed by atoms with Crippen LogP contribution < -0.4 is 4.74 Å². The van der Waals surface area contributed by atoms with Crippen LogP contribution in [0.2, 0.25) is 0 Å². The van der Waals surface area contributed by atoms with E-state index in [-0.39, 0.29) is 11.3 Å². The van der Waals surface area contributed by atoms with Gasteiger partial charge in [0.25, 0.3) is 11.7 Å². The first-order chi connectivity index (χ1) is 15.5. The van der Waals surface area contributed by atoms with E-state index in [1.165, 1.54) is 0 Å². The van der Waals surface area contributed by atoms with Crippen molar-refractivity contribution in [2.45, 2.75) is 25.9 Å². The topological polar surface area (TPSA) is 84.7 Å². The molecule has 7 nitrogen and oxygen atoms in total. The van der Waals surface area contributed by atoms with Crippen molar-refractivity contribution in [1.29, 1.82) is 0 Å². The van der Waals surface area contributed by atoms with E-state index < -0.39 is 17.7 Å². The zero-order valence-corrected chi connectivity index (χ0v) is 18.1. The molecule has 2 heterocycles. The van der Waals surface area contributed by atoms with Crippen molar-refractivity contribution in [2.24, 2.45) is 0 Å². The fourth-order valence-electron chi connectivity index (χ4n) is 3.95. The van der Waals surface area contributed by atoms with E-state index in [0.29, 0.717) is 30.8 Å². The van der Waals surface area contributed by atoms with Gasteiger partial charge in [-0.05, 0) is 31.0 Å². The number of methoxy groups -OCH3 is 1. The minimum absolute atomic E-state index is 0.103. The van der Waals surface area contributed by atoms with Gasteiger partial charge in [0, 0.05) is 31.0 Å². The molecule has 4 rings (SSSR count). The zero-order valence-electron chi connectivity index (χ0n) is 18.1. The number of hydrogen-bond acceptors (Lipinski definition) is 5. The lowest BCUT2D eigenvalue weighted by Gasteiger charge is -2.25. The maximum Gasteiger partial charge on any atom is 0.295 e. The molecule has 0 saturated carbocycles. The molecule has 7 heteroatoms. The Morgan fingerprint density at radius 1 is 1.06 bits per heavy atom. The molecule has 1 saturated heterocycles. The van der Waals surface area contributed by atoms with E-state index in [9.17, 15) is 14.7 Å². The Balaban J connectivity index is 1.72. The highest BCUT2D eigenvalue weighted by Crippen LogP contribution is 2.39. The molecule has 0 aliphatic carbocycles. The standard InChI is InChI=1S/C25H25N3O4/c1-17-4-6-19(7-5-17)23(29)21-22(18-8-10-20(32-2)11-9-18)28(25(31)24(21)30)14-3-13-27-15-12-26-16-27/h4-12,15-16,22,29H,3,13-14H2,1-2H3/b23-21+/t22-/m1/s1. The average Bonchev–Trinajstić information content (AvgIpc) is 3.41. The van der Waals surface area contributed by atoms with Gasteiger partial charge in [0.1, 0.15) is 11.5 Å². The van der Waals surface area contributed by atoms with Crippen LogP contribution in [0.1, 0.15) is 29.2 Å². The molecule has 2 aromatic carbocycles. The second-order valence-electron chi connectivity index (χ2n) is 7.79. The molecule has 3 aromatic rings. The van der Waals surface area contributed by atoms with Crippen LogP contribution in [0.25, 0.3) is 5.76 Å². The van der Waals surface area contributed by atoms with Crippen LogP contribution in [0.3, 0.4) is 0 Å². The molecule has 1 N–H and O–H groups in total. The van der Waals surface area contributed by atoms with Gasteiger partial charge in [-0.1, -0.05) is 42.0 Å². The summed E-state index contributed by atoms with van der Waals surface area (Å²) in [6.45, 7) is 2.97. The molecule has 1 fully saturated rings. The SMILES string of the molecule is COc1ccc([C@@H]2/C(=C(\O)c3ccc(C)cc3)C(=O)C(=O)N2CCCn2ccnc2)cc1. The van der Waals surface area contributed by atoms with Gasteiger partial charge in [0.15, 0.2) is 0 Å². The number of ether oxygens (including phenoxy) is 1. The van der Waals surface area contributed by atoms with Crippen molar-refractivity contribution in [3.8, 4) is 5.75 Å². The fourth-order valence-corrected chi connectivity index (χ4v) is 3.95. The molecular weight excluding hydrogens is 406 g/mol. The summed E-state index contributed by atoms with van der Waals surface area (Å²) in [7, 11) is 1.58. The molecule has 0 unspecified atom stereocenters. The maximum atomic E-state index is 13.0. The van der Waals surface area contributed by atoms with Gasteiger partial charge in [-0.2, -0.15) is 0 Å². The van der Waals surface area contributed by atoms with Crippen molar-refractivity contribution in [2.75, 3.05) is 13.7 Å². The summed E-state index contributed by atoms with van der Waals surface area (Å²) < 4.78 is 7.17. The summed E-state index contributed by atoms with van der Waals surface area (Å²) in [5.41, 5.74) is 2.38. The monoisotopic (exact) mass is 431 g/mol. The first kappa shape index (κ1) is 21.4. The largest absolute Gasteiger partial charge is 0.507 e. The number of aromatic nitrogens is 2. The zero-order chi connectivity index (χ0) is 22.7. The Hall–Kier alpha value is -3.87. The lowest BCUT2D eigenvalue weighted by Crippen LogP contribution is -2.31. The number of benzene rings is 2. The Bertz CT molecular complexity index is 1130. The van der Waals surface area contributed by atoms with Gasteiger partial charge in [-0.25, -0.2) is 4.98 Å². The van der Waals surface area contributed by atoms with Crippen LogP contribution in [0.5, 0.6) is 5.75 Å². The summed E-state index contributed by atoms with van der Waals surface area (Å²) >= 11 is 0. The van der Waals surface area contributed by atoms with Crippen molar-refractivity contribution < 1.29 is 19.4 Å². The van der Waals surface area contributed by atoms with E-state index >= 15 is 0 Å². The quantitative estimate of drug-likeness (QED) is 0.350. The van der Waals surface area contributed by atoms with Gasteiger partial charge in [0.2, 0.25) is 0 Å². The molecule has 1 amide bonds. The molecular formula is C25H25N3O4. The van der Waals surface area contributed by atoms with Gasteiger partial charge in [0.05, 0.1) is 25.1 Å². The highest BCUT2D eigenvalue weighted by molar-refractivity contribution is 6.46. The van der Waals surface area contributed by atoms with E-state index in [0.717, 1.165) is 11.1 Å². The first-order valence-electron chi connectivity index (χ1n) is 10.4. The molecule has 1 aliphatic rings. The van der Waals surface area contributed by atoms with E-state index in [1.807, 2.05) is 42.0 Å². The Morgan fingerprint density at radius 3 is 2.41 bits per heavy atom. The van der Waals surface area contributed by atoms with Crippen molar-refractivity contribution in [3.05, 3.63) is 89.5 Å². The molecule has 1 aliphatic heterocycles. The Labute approximate surface area is 186 Å². The van der Waals surface area contributed by atoms with Crippen molar-refractivity contribution in [1.82, 2.24) is 14.5 Å². The number of carbonyl (C=O) groups excluding carboxylic acids is 2. The molecule has 32 heavy (non-hydrogen) atoms. The number of aryl methyl sites for hydroxylation is 2. The third-order valence-electron chi connectivity index (χ3n) is 5.67. The minimum Gasteiger partial charge on any atom is -0.507 e. The lowest BCUT2D eigenvalue weighted by molar-refractivity contribution is -0.139. The van der Waals surface area contributed by atoms with E-state index in [1.54, 1.807) is 48.8 Å². The number of nitrogens with zero attached hydrogens (tertiary/aromatic N) is 3. The first-order valence-corrected chi connectivity index (χ1v) is 10.4. The highest BCUT2D eigenvalue weighted by Gasteiger charge is 2.45. The molecule has 164 valence electrons. The predicted octanol–water partition coefficient (Wildman–Crippen LogP) is 3.71. The third-order valence-corrected chi connectivity index (χ3v) is 5.67. The Morgan fingerprint density at radius 2 is 1.78 bits per heavy atom. The van der Waals surface area contributed by atoms with Gasteiger partial charge >= 0.3 is 0 Å². The number of rotatable bonds is 7. The third kappa shape index (κ3) is 4.14. The normalized spacial score (nSPS) is 17.7. The van der Waals surface area contributed by atoms with Gasteiger partial charge in [-0.15, -0.1) is 0 Å². The van der Waals surface area contributed by atoms with Crippen LogP contribution in [-0.4, -0.2) is 44.9 Å². The number of hydrogen-bond donors (Lipinski definition) is 1. The number of carbonyl (C=O) groups is 2. The van der Waals surface area contributed by atoms with Crippen LogP contribution >= 0.6 is 0 Å². The summed E-state index contributed by atoms with van der Waals surface area (Å²) in [6, 6.07) is 13.8. The van der Waals surface area contributed by atoms with Crippen molar-refractivity contribution in [3.63, 3.8) is 0 Å². The van der Waals surface area contributed by atoms with E-state index in [2.05, 4.69) is 4.98 Å². The molecule has 0 bridgehead atoms. The van der Waals surface area contributed by atoms with Crippen LogP contribution in [0, 0.1) is 6.92 Å². The second kappa shape index (κ2) is 9.09.